The maximum absolute atomic E-state index is 13.1. The number of carbonyl (C=O) groups excluding carboxylic acids is 1. The molecule has 3 heterocycles. The van der Waals surface area contributed by atoms with Gasteiger partial charge in [-0.05, 0) is 45.0 Å². The molecule has 1 fully saturated rings. The van der Waals surface area contributed by atoms with Gasteiger partial charge in [0.1, 0.15) is 11.6 Å². The molecule has 1 aliphatic heterocycles. The molecule has 0 aliphatic carbocycles. The maximum atomic E-state index is 13.1. The second-order valence-corrected chi connectivity index (χ2v) is 7.53. The van der Waals surface area contributed by atoms with Gasteiger partial charge in [0.15, 0.2) is 5.82 Å². The number of piperazine rings is 1. The first-order valence-corrected chi connectivity index (χ1v) is 10.6. The number of anilines is 1. The van der Waals surface area contributed by atoms with Gasteiger partial charge in [0, 0.05) is 55.4 Å². The van der Waals surface area contributed by atoms with E-state index in [1.54, 1.807) is 12.4 Å². The summed E-state index contributed by atoms with van der Waals surface area (Å²) in [5, 5.41) is 0. The van der Waals surface area contributed by atoms with Crippen LogP contribution >= 0.6 is 0 Å². The van der Waals surface area contributed by atoms with Crippen molar-refractivity contribution in [3.8, 4) is 17.1 Å². The molecule has 1 amide bonds. The van der Waals surface area contributed by atoms with Crippen molar-refractivity contribution in [1.82, 2.24) is 19.9 Å². The van der Waals surface area contributed by atoms with E-state index in [4.69, 9.17) is 9.72 Å². The van der Waals surface area contributed by atoms with Crippen molar-refractivity contribution in [3.63, 3.8) is 0 Å². The Kier molecular flexibility index (Phi) is 6.11. The van der Waals surface area contributed by atoms with E-state index >= 15 is 0 Å². The lowest BCUT2D eigenvalue weighted by atomic mass is 10.1. The van der Waals surface area contributed by atoms with Crippen molar-refractivity contribution < 1.29 is 9.53 Å². The number of para-hydroxylation sites is 1. The summed E-state index contributed by atoms with van der Waals surface area (Å²) in [6.07, 6.45) is 3.52. The number of benzene rings is 1. The minimum atomic E-state index is 0.00957. The van der Waals surface area contributed by atoms with Gasteiger partial charge in [-0.15, -0.1) is 0 Å². The van der Waals surface area contributed by atoms with E-state index in [0.29, 0.717) is 49.9 Å². The standard InChI is InChI=1S/C24H27N5O2/c1-4-31-21-10-6-5-9-20(21)24(30)29-14-12-28(13-15-29)23-17(2)18(3)26-22(27-23)19-8-7-11-25-16-19/h5-11,16H,4,12-15H2,1-3H3. The SMILES string of the molecule is CCOc1ccccc1C(=O)N1CCN(c2nc(-c3cccnc3)nc(C)c2C)CC1. The molecule has 0 spiro atoms. The van der Waals surface area contributed by atoms with Gasteiger partial charge < -0.3 is 14.5 Å². The molecule has 2 aromatic heterocycles. The summed E-state index contributed by atoms with van der Waals surface area (Å²) < 4.78 is 5.64. The number of hydrogen-bond donors (Lipinski definition) is 0. The molecule has 7 heteroatoms. The highest BCUT2D eigenvalue weighted by molar-refractivity contribution is 5.97. The highest BCUT2D eigenvalue weighted by Crippen LogP contribution is 2.26. The Morgan fingerprint density at radius 2 is 1.81 bits per heavy atom. The lowest BCUT2D eigenvalue weighted by Crippen LogP contribution is -2.49. The maximum Gasteiger partial charge on any atom is 0.257 e. The Hall–Kier alpha value is -3.48. The fraction of sp³-hybridized carbons (Fsp3) is 0.333. The van der Waals surface area contributed by atoms with Crippen LogP contribution in [0.2, 0.25) is 0 Å². The predicted octanol–water partition coefficient (Wildman–Crippen LogP) is 3.52. The van der Waals surface area contributed by atoms with E-state index < -0.39 is 0 Å². The summed E-state index contributed by atoms with van der Waals surface area (Å²) in [7, 11) is 0. The van der Waals surface area contributed by atoms with Crippen LogP contribution in [0.25, 0.3) is 11.4 Å². The number of ether oxygens (including phenoxy) is 1. The zero-order valence-corrected chi connectivity index (χ0v) is 18.2. The van der Waals surface area contributed by atoms with Crippen molar-refractivity contribution in [1.29, 1.82) is 0 Å². The highest BCUT2D eigenvalue weighted by atomic mass is 16.5. The molecule has 160 valence electrons. The predicted molar refractivity (Wildman–Crippen MR) is 120 cm³/mol. The summed E-state index contributed by atoms with van der Waals surface area (Å²) in [5.74, 6) is 2.25. The lowest BCUT2D eigenvalue weighted by Gasteiger charge is -2.36. The lowest BCUT2D eigenvalue weighted by molar-refractivity contribution is 0.0742. The Morgan fingerprint density at radius 3 is 2.52 bits per heavy atom. The van der Waals surface area contributed by atoms with Crippen LogP contribution in [0, 0.1) is 13.8 Å². The number of carbonyl (C=O) groups is 1. The molecule has 0 radical (unpaired) electrons. The third kappa shape index (κ3) is 4.35. The molecule has 4 rings (SSSR count). The number of amides is 1. The summed E-state index contributed by atoms with van der Waals surface area (Å²) in [5.41, 5.74) is 3.53. The molecule has 31 heavy (non-hydrogen) atoms. The van der Waals surface area contributed by atoms with Gasteiger partial charge in [0.05, 0.1) is 12.2 Å². The van der Waals surface area contributed by atoms with Crippen molar-refractivity contribution in [2.24, 2.45) is 0 Å². The number of aryl methyl sites for hydroxylation is 1. The summed E-state index contributed by atoms with van der Waals surface area (Å²) in [4.78, 5) is 30.9. The first-order valence-electron chi connectivity index (χ1n) is 10.6. The summed E-state index contributed by atoms with van der Waals surface area (Å²) >= 11 is 0. The molecule has 1 aromatic carbocycles. The van der Waals surface area contributed by atoms with Gasteiger partial charge in [0.25, 0.3) is 5.91 Å². The second kappa shape index (κ2) is 9.12. The smallest absolute Gasteiger partial charge is 0.257 e. The largest absolute Gasteiger partial charge is 0.493 e. The van der Waals surface area contributed by atoms with Gasteiger partial charge >= 0.3 is 0 Å². The molecule has 1 saturated heterocycles. The van der Waals surface area contributed by atoms with Gasteiger partial charge in [-0.2, -0.15) is 0 Å². The molecule has 1 aliphatic rings. The third-order valence-electron chi connectivity index (χ3n) is 5.57. The van der Waals surface area contributed by atoms with Crippen LogP contribution in [0.1, 0.15) is 28.5 Å². The second-order valence-electron chi connectivity index (χ2n) is 7.53. The van der Waals surface area contributed by atoms with Crippen LogP contribution in [0.4, 0.5) is 5.82 Å². The zero-order chi connectivity index (χ0) is 21.8. The average Bonchev–Trinajstić information content (AvgIpc) is 2.81. The van der Waals surface area contributed by atoms with Crippen LogP contribution in [0.5, 0.6) is 5.75 Å². The molecule has 0 unspecified atom stereocenters. The number of nitrogens with zero attached hydrogens (tertiary/aromatic N) is 5. The molecule has 0 atom stereocenters. The van der Waals surface area contributed by atoms with E-state index in [0.717, 1.165) is 22.6 Å². The van der Waals surface area contributed by atoms with E-state index in [-0.39, 0.29) is 5.91 Å². The minimum absolute atomic E-state index is 0.00957. The van der Waals surface area contributed by atoms with E-state index in [9.17, 15) is 4.79 Å². The first kappa shape index (κ1) is 20.8. The van der Waals surface area contributed by atoms with Crippen LogP contribution < -0.4 is 9.64 Å². The number of pyridine rings is 1. The monoisotopic (exact) mass is 417 g/mol. The zero-order valence-electron chi connectivity index (χ0n) is 18.2. The Labute approximate surface area is 182 Å². The fourth-order valence-electron chi connectivity index (χ4n) is 3.76. The normalized spacial score (nSPS) is 13.9. The van der Waals surface area contributed by atoms with E-state index in [1.807, 2.05) is 62.1 Å². The van der Waals surface area contributed by atoms with Crippen LogP contribution in [0.3, 0.4) is 0 Å². The van der Waals surface area contributed by atoms with E-state index in [2.05, 4.69) is 14.9 Å². The van der Waals surface area contributed by atoms with Gasteiger partial charge in [-0.25, -0.2) is 9.97 Å². The van der Waals surface area contributed by atoms with Crippen molar-refractivity contribution >= 4 is 11.7 Å². The summed E-state index contributed by atoms with van der Waals surface area (Å²) in [6.45, 7) is 9.19. The Balaban J connectivity index is 1.52. The first-order chi connectivity index (χ1) is 15.1. The molecule has 0 bridgehead atoms. The van der Waals surface area contributed by atoms with Crippen molar-refractivity contribution in [2.45, 2.75) is 20.8 Å². The topological polar surface area (TPSA) is 71.5 Å². The van der Waals surface area contributed by atoms with Crippen LogP contribution in [-0.4, -0.2) is 58.5 Å². The van der Waals surface area contributed by atoms with Crippen LogP contribution in [0.15, 0.2) is 48.8 Å². The quantitative estimate of drug-likeness (QED) is 0.633. The van der Waals surface area contributed by atoms with Gasteiger partial charge in [-0.1, -0.05) is 12.1 Å². The minimum Gasteiger partial charge on any atom is -0.493 e. The number of rotatable bonds is 5. The van der Waals surface area contributed by atoms with Crippen LogP contribution in [-0.2, 0) is 0 Å². The fourth-order valence-corrected chi connectivity index (χ4v) is 3.76. The van der Waals surface area contributed by atoms with E-state index in [1.165, 1.54) is 0 Å². The number of aromatic nitrogens is 3. The van der Waals surface area contributed by atoms with Crippen molar-refractivity contribution in [2.75, 3.05) is 37.7 Å². The average molecular weight is 418 g/mol. The third-order valence-corrected chi connectivity index (χ3v) is 5.57. The molecule has 0 saturated carbocycles. The highest BCUT2D eigenvalue weighted by Gasteiger charge is 2.26. The van der Waals surface area contributed by atoms with Gasteiger partial charge in [-0.3, -0.25) is 9.78 Å². The molecule has 7 nitrogen and oxygen atoms in total. The molecule has 3 aromatic rings. The Bertz CT molecular complexity index is 1060. The Morgan fingerprint density at radius 1 is 1.03 bits per heavy atom. The number of hydrogen-bond acceptors (Lipinski definition) is 6. The molecule has 0 N–H and O–H groups in total. The van der Waals surface area contributed by atoms with Gasteiger partial charge in [0.2, 0.25) is 0 Å². The molecular formula is C24H27N5O2. The molecular weight excluding hydrogens is 390 g/mol. The van der Waals surface area contributed by atoms with Crippen molar-refractivity contribution in [3.05, 3.63) is 65.6 Å². The summed E-state index contributed by atoms with van der Waals surface area (Å²) in [6, 6.07) is 11.3.